The van der Waals surface area contributed by atoms with Gasteiger partial charge in [-0.15, -0.1) is 0 Å². The largest absolute Gasteiger partial charge is 0.497 e. The van der Waals surface area contributed by atoms with Gasteiger partial charge in [-0.05, 0) is 61.7 Å². The molecule has 0 saturated carbocycles. The van der Waals surface area contributed by atoms with E-state index in [1.54, 1.807) is 36.5 Å². The third-order valence-electron chi connectivity index (χ3n) is 5.48. The Labute approximate surface area is 170 Å². The SMILES string of the molecule is CNC1CCCc2c1cn(S(=O)(=O)c1cccc(OC)c1)c2-c1ccccc1F. The zero-order valence-electron chi connectivity index (χ0n) is 16.4. The molecule has 5 nitrogen and oxygen atoms in total. The molecule has 2 aromatic carbocycles. The second kappa shape index (κ2) is 7.65. The summed E-state index contributed by atoms with van der Waals surface area (Å²) in [7, 11) is -0.605. The number of aromatic nitrogens is 1. The lowest BCUT2D eigenvalue weighted by Crippen LogP contribution is -2.20. The number of halogens is 1. The molecule has 29 heavy (non-hydrogen) atoms. The van der Waals surface area contributed by atoms with Crippen molar-refractivity contribution in [2.75, 3.05) is 14.2 Å². The second-order valence-corrected chi connectivity index (χ2v) is 8.92. The summed E-state index contributed by atoms with van der Waals surface area (Å²) in [6.07, 6.45) is 4.16. The molecule has 0 saturated heterocycles. The van der Waals surface area contributed by atoms with Gasteiger partial charge in [-0.25, -0.2) is 16.8 Å². The summed E-state index contributed by atoms with van der Waals surface area (Å²) in [5.74, 6) is 0.00520. The second-order valence-electron chi connectivity index (χ2n) is 7.10. The van der Waals surface area contributed by atoms with Crippen molar-refractivity contribution < 1.29 is 17.5 Å². The fraction of sp³-hybridized carbons (Fsp3) is 0.273. The molecule has 0 spiro atoms. The Morgan fingerprint density at radius 1 is 1.17 bits per heavy atom. The molecule has 1 aliphatic carbocycles. The summed E-state index contributed by atoms with van der Waals surface area (Å²) in [6, 6.07) is 12.7. The minimum absolute atomic E-state index is 0.0334. The van der Waals surface area contributed by atoms with Gasteiger partial charge in [0.15, 0.2) is 0 Å². The molecular weight excluding hydrogens is 391 g/mol. The monoisotopic (exact) mass is 414 g/mol. The van der Waals surface area contributed by atoms with Crippen molar-refractivity contribution in [2.24, 2.45) is 0 Å². The smallest absolute Gasteiger partial charge is 0.268 e. The molecule has 3 aromatic rings. The van der Waals surface area contributed by atoms with Crippen LogP contribution in [-0.4, -0.2) is 26.5 Å². The van der Waals surface area contributed by atoms with E-state index in [0.29, 0.717) is 17.9 Å². The first kappa shape index (κ1) is 19.7. The molecule has 7 heteroatoms. The van der Waals surface area contributed by atoms with E-state index >= 15 is 0 Å². The molecule has 152 valence electrons. The maximum Gasteiger partial charge on any atom is 0.268 e. The number of benzene rings is 2. The summed E-state index contributed by atoms with van der Waals surface area (Å²) in [4.78, 5) is 0.0998. The van der Waals surface area contributed by atoms with Gasteiger partial charge in [-0.1, -0.05) is 18.2 Å². The molecule has 0 radical (unpaired) electrons. The van der Waals surface area contributed by atoms with Crippen LogP contribution in [0, 0.1) is 5.82 Å². The molecule has 0 fully saturated rings. The van der Waals surface area contributed by atoms with E-state index in [2.05, 4.69) is 5.32 Å². The van der Waals surface area contributed by atoms with Crippen molar-refractivity contribution in [3.63, 3.8) is 0 Å². The number of ether oxygens (including phenoxy) is 1. The van der Waals surface area contributed by atoms with Crippen LogP contribution in [0.5, 0.6) is 5.75 Å². The standard InChI is InChI=1S/C22H23FN2O3S/c1-24-21-12-6-10-17-19(21)14-25(22(17)18-9-3-4-11-20(18)23)29(26,27)16-8-5-7-15(13-16)28-2/h3-5,7-9,11,13-14,21,24H,6,10,12H2,1-2H3. The van der Waals surface area contributed by atoms with E-state index in [1.165, 1.54) is 29.3 Å². The minimum atomic E-state index is -3.95. The van der Waals surface area contributed by atoms with Gasteiger partial charge < -0.3 is 10.1 Å². The first-order valence-corrected chi connectivity index (χ1v) is 11.0. The van der Waals surface area contributed by atoms with E-state index < -0.39 is 15.8 Å². The van der Waals surface area contributed by atoms with Crippen molar-refractivity contribution in [3.05, 3.63) is 71.7 Å². The zero-order chi connectivity index (χ0) is 20.6. The van der Waals surface area contributed by atoms with Crippen molar-refractivity contribution in [2.45, 2.75) is 30.2 Å². The molecule has 1 aromatic heterocycles. The molecule has 0 amide bonds. The molecule has 0 bridgehead atoms. The number of hydrogen-bond donors (Lipinski definition) is 1. The quantitative estimate of drug-likeness (QED) is 0.682. The van der Waals surface area contributed by atoms with Crippen LogP contribution in [0.2, 0.25) is 0 Å². The highest BCUT2D eigenvalue weighted by Gasteiger charge is 2.31. The predicted octanol–water partition coefficient (Wildman–Crippen LogP) is 4.14. The van der Waals surface area contributed by atoms with Crippen molar-refractivity contribution in [1.82, 2.24) is 9.29 Å². The van der Waals surface area contributed by atoms with E-state index in [0.717, 1.165) is 24.0 Å². The highest BCUT2D eigenvalue weighted by molar-refractivity contribution is 7.90. The number of hydrogen-bond acceptors (Lipinski definition) is 4. The average Bonchev–Trinajstić information content (AvgIpc) is 3.14. The van der Waals surface area contributed by atoms with Gasteiger partial charge in [0.25, 0.3) is 10.0 Å². The predicted molar refractivity (Wildman–Crippen MR) is 110 cm³/mol. The van der Waals surface area contributed by atoms with Crippen LogP contribution in [0.25, 0.3) is 11.3 Å². The van der Waals surface area contributed by atoms with Gasteiger partial charge in [-0.3, -0.25) is 0 Å². The molecule has 1 aliphatic rings. The number of nitrogens with zero attached hydrogens (tertiary/aromatic N) is 1. The van der Waals surface area contributed by atoms with E-state index in [4.69, 9.17) is 4.74 Å². The number of nitrogens with one attached hydrogen (secondary N) is 1. The molecular formula is C22H23FN2O3S. The summed E-state index contributed by atoms with van der Waals surface area (Å²) < 4.78 is 48.3. The van der Waals surface area contributed by atoms with Crippen molar-refractivity contribution in [3.8, 4) is 17.0 Å². The molecule has 1 unspecified atom stereocenters. The van der Waals surface area contributed by atoms with Gasteiger partial charge in [0.2, 0.25) is 0 Å². The molecule has 1 N–H and O–H groups in total. The van der Waals surface area contributed by atoms with Gasteiger partial charge in [-0.2, -0.15) is 0 Å². The lowest BCUT2D eigenvalue weighted by molar-refractivity contribution is 0.413. The van der Waals surface area contributed by atoms with Crippen molar-refractivity contribution in [1.29, 1.82) is 0 Å². The van der Waals surface area contributed by atoms with Gasteiger partial charge >= 0.3 is 0 Å². The van der Waals surface area contributed by atoms with Gasteiger partial charge in [0.1, 0.15) is 11.6 Å². The average molecular weight is 415 g/mol. The fourth-order valence-corrected chi connectivity index (χ4v) is 5.48. The maximum absolute atomic E-state index is 14.7. The van der Waals surface area contributed by atoms with Crippen molar-refractivity contribution >= 4 is 10.0 Å². The van der Waals surface area contributed by atoms with Crippen LogP contribution in [0.1, 0.15) is 30.0 Å². The summed E-state index contributed by atoms with van der Waals surface area (Å²) in [5, 5.41) is 3.25. The van der Waals surface area contributed by atoms with Crippen LogP contribution < -0.4 is 10.1 Å². The van der Waals surface area contributed by atoms with E-state index in [9.17, 15) is 12.8 Å². The lowest BCUT2D eigenvalue weighted by atomic mass is 9.88. The number of rotatable bonds is 5. The van der Waals surface area contributed by atoms with Crippen LogP contribution >= 0.6 is 0 Å². The Balaban J connectivity index is 2.00. The Bertz CT molecular complexity index is 1150. The van der Waals surface area contributed by atoms with Crippen LogP contribution in [-0.2, 0) is 16.4 Å². The van der Waals surface area contributed by atoms with Gasteiger partial charge in [0, 0.05) is 23.9 Å². The molecule has 4 rings (SSSR count). The maximum atomic E-state index is 14.7. The Hall–Kier alpha value is -2.64. The summed E-state index contributed by atoms with van der Waals surface area (Å²) in [6.45, 7) is 0. The Morgan fingerprint density at radius 3 is 2.69 bits per heavy atom. The molecule has 0 aliphatic heterocycles. The highest BCUT2D eigenvalue weighted by Crippen LogP contribution is 2.40. The summed E-state index contributed by atoms with van der Waals surface area (Å²) >= 11 is 0. The first-order valence-electron chi connectivity index (χ1n) is 9.53. The molecule has 1 heterocycles. The first-order chi connectivity index (χ1) is 14.0. The normalized spacial score (nSPS) is 16.4. The zero-order valence-corrected chi connectivity index (χ0v) is 17.2. The van der Waals surface area contributed by atoms with Crippen LogP contribution in [0.15, 0.2) is 59.6 Å². The Morgan fingerprint density at radius 2 is 1.97 bits per heavy atom. The van der Waals surface area contributed by atoms with Crippen LogP contribution in [0.4, 0.5) is 4.39 Å². The molecule has 1 atom stereocenters. The lowest BCUT2D eigenvalue weighted by Gasteiger charge is -2.22. The topological polar surface area (TPSA) is 60.3 Å². The number of fused-ring (bicyclic) bond motifs is 1. The fourth-order valence-electron chi connectivity index (χ4n) is 4.04. The number of methoxy groups -OCH3 is 1. The Kier molecular flexibility index (Phi) is 5.19. The van der Waals surface area contributed by atoms with E-state index in [1.807, 2.05) is 7.05 Å². The van der Waals surface area contributed by atoms with Gasteiger partial charge in [0.05, 0.1) is 17.7 Å². The van der Waals surface area contributed by atoms with Crippen LogP contribution in [0.3, 0.4) is 0 Å². The third kappa shape index (κ3) is 3.34. The highest BCUT2D eigenvalue weighted by atomic mass is 32.2. The minimum Gasteiger partial charge on any atom is -0.497 e. The summed E-state index contributed by atoms with van der Waals surface area (Å²) in [5.41, 5.74) is 2.48. The third-order valence-corrected chi connectivity index (χ3v) is 7.14. The van der Waals surface area contributed by atoms with E-state index in [-0.39, 0.29) is 16.5 Å².